The van der Waals surface area contributed by atoms with Gasteiger partial charge in [-0.25, -0.2) is 4.79 Å². The maximum absolute atomic E-state index is 12.8. The highest BCUT2D eigenvalue weighted by atomic mass is 32.1. The number of para-hydroxylation sites is 1. The first-order valence-corrected chi connectivity index (χ1v) is 11.7. The maximum Gasteiger partial charge on any atom is 0.340 e. The molecule has 0 unspecified atom stereocenters. The van der Waals surface area contributed by atoms with Crippen LogP contribution in [0.15, 0.2) is 30.5 Å². The molecule has 0 fully saturated rings. The predicted molar refractivity (Wildman–Crippen MR) is 127 cm³/mol. The second-order valence-corrected chi connectivity index (χ2v) is 9.06. The minimum atomic E-state index is -0.565. The van der Waals surface area contributed by atoms with Crippen LogP contribution in [-0.4, -0.2) is 49.2 Å². The number of carbonyl (C=O) groups excluding carboxylic acids is 3. The number of hydrogen-bond acceptors (Lipinski definition) is 6. The number of rotatable bonds is 8. The van der Waals surface area contributed by atoms with Crippen molar-refractivity contribution in [2.75, 3.05) is 32.2 Å². The van der Waals surface area contributed by atoms with Gasteiger partial charge in [0.05, 0.1) is 17.7 Å². The molecular formula is C24H27N3O5S. The van der Waals surface area contributed by atoms with Gasteiger partial charge in [0.1, 0.15) is 5.00 Å². The molecule has 0 atom stereocenters. The number of thiophene rings is 1. The fourth-order valence-corrected chi connectivity index (χ4v) is 5.43. The van der Waals surface area contributed by atoms with Crippen LogP contribution in [0.2, 0.25) is 0 Å². The van der Waals surface area contributed by atoms with Crippen molar-refractivity contribution in [2.24, 2.45) is 7.05 Å². The number of aromatic nitrogens is 1. The van der Waals surface area contributed by atoms with Crippen LogP contribution in [-0.2, 0) is 34.2 Å². The molecule has 0 radical (unpaired) electrons. The second kappa shape index (κ2) is 10.2. The minimum absolute atomic E-state index is 0.227. The van der Waals surface area contributed by atoms with Gasteiger partial charge in [0.15, 0.2) is 6.61 Å². The van der Waals surface area contributed by atoms with Gasteiger partial charge in [0.2, 0.25) is 0 Å². The van der Waals surface area contributed by atoms with E-state index >= 15 is 0 Å². The summed E-state index contributed by atoms with van der Waals surface area (Å²) in [5.41, 5.74) is 2.83. The lowest BCUT2D eigenvalue weighted by Gasteiger charge is -2.13. The van der Waals surface area contributed by atoms with E-state index in [1.165, 1.54) is 11.3 Å². The molecule has 1 aromatic carbocycles. The summed E-state index contributed by atoms with van der Waals surface area (Å²) in [5.74, 6) is -1.27. The smallest absolute Gasteiger partial charge is 0.340 e. The molecule has 2 amide bonds. The molecule has 2 N–H and O–H groups in total. The number of benzene rings is 1. The van der Waals surface area contributed by atoms with Crippen LogP contribution >= 0.6 is 11.3 Å². The Kier molecular flexibility index (Phi) is 7.10. The Hall–Kier alpha value is -3.17. The molecule has 3 aromatic rings. The number of esters is 1. The molecule has 0 saturated carbocycles. The van der Waals surface area contributed by atoms with Crippen molar-refractivity contribution in [2.45, 2.75) is 25.7 Å². The van der Waals surface area contributed by atoms with Gasteiger partial charge in [-0.2, -0.15) is 0 Å². The minimum Gasteiger partial charge on any atom is -0.452 e. The van der Waals surface area contributed by atoms with Gasteiger partial charge >= 0.3 is 5.97 Å². The molecule has 9 heteroatoms. The Bertz CT molecular complexity index is 1200. The van der Waals surface area contributed by atoms with Crippen molar-refractivity contribution >= 4 is 45.0 Å². The quantitative estimate of drug-likeness (QED) is 0.390. The van der Waals surface area contributed by atoms with Crippen molar-refractivity contribution in [3.63, 3.8) is 0 Å². The number of hydrogen-bond donors (Lipinski definition) is 2. The monoisotopic (exact) mass is 469 g/mol. The summed E-state index contributed by atoms with van der Waals surface area (Å²) < 4.78 is 12.1. The first kappa shape index (κ1) is 23.0. The average molecular weight is 470 g/mol. The van der Waals surface area contributed by atoms with E-state index in [1.807, 2.05) is 35.9 Å². The molecule has 8 nitrogen and oxygen atoms in total. The summed E-state index contributed by atoms with van der Waals surface area (Å²) in [4.78, 5) is 39.2. The van der Waals surface area contributed by atoms with E-state index in [1.54, 1.807) is 13.3 Å². The number of fused-ring (bicyclic) bond motifs is 2. The van der Waals surface area contributed by atoms with Crippen LogP contribution in [0.25, 0.3) is 10.9 Å². The number of nitrogens with one attached hydrogen (secondary N) is 2. The van der Waals surface area contributed by atoms with Gasteiger partial charge in [0.25, 0.3) is 11.8 Å². The number of methoxy groups -OCH3 is 1. The van der Waals surface area contributed by atoms with Crippen LogP contribution in [0.3, 0.4) is 0 Å². The molecule has 2 aromatic heterocycles. The lowest BCUT2D eigenvalue weighted by molar-refractivity contribution is -0.119. The zero-order valence-electron chi connectivity index (χ0n) is 18.7. The Labute approximate surface area is 195 Å². The standard InChI is InChI=1S/C24H27N3O5S/c1-27-13-17(15-7-3-5-9-18(15)27)24(30)32-14-20(28)26-23-21(22(29)25-11-12-31-2)16-8-4-6-10-19(16)33-23/h3,5,7,9,13H,4,6,8,10-12,14H2,1-2H3,(H,25,29)(H,26,28). The number of ether oxygens (including phenoxy) is 2. The SMILES string of the molecule is COCCNC(=O)c1c(NC(=O)COC(=O)c2cn(C)c3ccccc23)sc2c1CCCC2. The Balaban J connectivity index is 1.45. The van der Waals surface area contributed by atoms with Gasteiger partial charge in [0, 0.05) is 42.7 Å². The Morgan fingerprint density at radius 2 is 1.94 bits per heavy atom. The molecule has 0 saturated heterocycles. The largest absolute Gasteiger partial charge is 0.452 e. The average Bonchev–Trinajstić information content (AvgIpc) is 3.35. The molecule has 4 rings (SSSR count). The van der Waals surface area contributed by atoms with Crippen molar-refractivity contribution in [1.82, 2.24) is 9.88 Å². The van der Waals surface area contributed by atoms with Gasteiger partial charge in [-0.3, -0.25) is 9.59 Å². The van der Waals surface area contributed by atoms with Gasteiger partial charge in [-0.1, -0.05) is 18.2 Å². The Morgan fingerprint density at radius 1 is 1.15 bits per heavy atom. The van der Waals surface area contributed by atoms with Crippen molar-refractivity contribution in [3.05, 3.63) is 52.0 Å². The van der Waals surface area contributed by atoms with Crippen molar-refractivity contribution in [3.8, 4) is 0 Å². The van der Waals surface area contributed by atoms with Gasteiger partial charge < -0.3 is 24.7 Å². The number of carbonyl (C=O) groups is 3. The number of amides is 2. The fraction of sp³-hybridized carbons (Fsp3) is 0.375. The lowest BCUT2D eigenvalue weighted by atomic mass is 9.95. The molecular weight excluding hydrogens is 442 g/mol. The summed E-state index contributed by atoms with van der Waals surface area (Å²) in [7, 11) is 3.42. The lowest BCUT2D eigenvalue weighted by Crippen LogP contribution is -2.29. The van der Waals surface area contributed by atoms with Crippen LogP contribution in [0.5, 0.6) is 0 Å². The van der Waals surface area contributed by atoms with E-state index in [4.69, 9.17) is 9.47 Å². The molecule has 2 heterocycles. The van der Waals surface area contributed by atoms with Gasteiger partial charge in [-0.15, -0.1) is 11.3 Å². The summed E-state index contributed by atoms with van der Waals surface area (Å²) in [6.07, 6.45) is 5.47. The molecule has 1 aliphatic rings. The third-order valence-electron chi connectivity index (χ3n) is 5.69. The molecule has 1 aliphatic carbocycles. The van der Waals surface area contributed by atoms with Crippen molar-refractivity contribution < 1.29 is 23.9 Å². The summed E-state index contributed by atoms with van der Waals surface area (Å²) >= 11 is 1.43. The highest BCUT2D eigenvalue weighted by Gasteiger charge is 2.26. The van der Waals surface area contributed by atoms with Crippen LogP contribution in [0.1, 0.15) is 44.0 Å². The summed E-state index contributed by atoms with van der Waals surface area (Å²) in [6.45, 7) is 0.356. The summed E-state index contributed by atoms with van der Waals surface area (Å²) in [6, 6.07) is 7.51. The Morgan fingerprint density at radius 3 is 2.76 bits per heavy atom. The van der Waals surface area contributed by atoms with E-state index in [2.05, 4.69) is 10.6 Å². The van der Waals surface area contributed by atoms with E-state index in [-0.39, 0.29) is 5.91 Å². The van der Waals surface area contributed by atoms with Gasteiger partial charge in [-0.05, 0) is 37.3 Å². The van der Waals surface area contributed by atoms with E-state index in [0.29, 0.717) is 29.3 Å². The van der Waals surface area contributed by atoms with E-state index in [9.17, 15) is 14.4 Å². The zero-order valence-corrected chi connectivity index (χ0v) is 19.5. The fourth-order valence-electron chi connectivity index (χ4n) is 4.13. The molecule has 0 spiro atoms. The molecule has 33 heavy (non-hydrogen) atoms. The molecule has 174 valence electrons. The number of aryl methyl sites for hydroxylation is 2. The van der Waals surface area contributed by atoms with E-state index < -0.39 is 18.5 Å². The second-order valence-electron chi connectivity index (χ2n) is 7.96. The van der Waals surface area contributed by atoms with Crippen LogP contribution < -0.4 is 10.6 Å². The zero-order chi connectivity index (χ0) is 23.4. The highest BCUT2D eigenvalue weighted by molar-refractivity contribution is 7.17. The van der Waals surface area contributed by atoms with E-state index in [0.717, 1.165) is 47.0 Å². The first-order valence-electron chi connectivity index (χ1n) is 10.9. The predicted octanol–water partition coefficient (Wildman–Crippen LogP) is 3.29. The highest BCUT2D eigenvalue weighted by Crippen LogP contribution is 2.38. The van der Waals surface area contributed by atoms with Crippen LogP contribution in [0, 0.1) is 0 Å². The summed E-state index contributed by atoms with van der Waals surface area (Å²) in [5, 5.41) is 6.91. The third-order valence-corrected chi connectivity index (χ3v) is 6.90. The third kappa shape index (κ3) is 4.94. The maximum atomic E-state index is 12.8. The first-order chi connectivity index (χ1) is 16.0. The number of nitrogens with zero attached hydrogens (tertiary/aromatic N) is 1. The number of anilines is 1. The topological polar surface area (TPSA) is 98.7 Å². The molecule has 0 aliphatic heterocycles. The van der Waals surface area contributed by atoms with Crippen molar-refractivity contribution in [1.29, 1.82) is 0 Å². The normalized spacial score (nSPS) is 12.9. The molecule has 0 bridgehead atoms. The van der Waals surface area contributed by atoms with Crippen LogP contribution in [0.4, 0.5) is 5.00 Å².